The number of carbonyl (C=O) groups is 2. The lowest BCUT2D eigenvalue weighted by molar-refractivity contribution is -0.140. The van der Waals surface area contributed by atoms with Crippen molar-refractivity contribution in [3.8, 4) is 5.75 Å². The smallest absolute Gasteiger partial charge is 0.264 e. The molecule has 0 heterocycles. The Balaban J connectivity index is 2.03. The highest BCUT2D eigenvalue weighted by atomic mass is 32.2. The Hall–Kier alpha value is -3.85. The average Bonchev–Trinajstić information content (AvgIpc) is 2.92. The lowest BCUT2D eigenvalue weighted by Crippen LogP contribution is -2.52. The molecule has 0 fully saturated rings. The lowest BCUT2D eigenvalue weighted by atomic mass is 10.1. The Bertz CT molecular complexity index is 1270. The zero-order valence-electron chi connectivity index (χ0n) is 21.3. The van der Waals surface area contributed by atoms with Crippen molar-refractivity contribution in [2.24, 2.45) is 0 Å². The molecule has 1 N–H and O–H groups in total. The number of likely N-dealkylation sites (N-methyl/N-ethyl adjacent to an activating group) is 1. The van der Waals surface area contributed by atoms with Crippen molar-refractivity contribution < 1.29 is 22.7 Å². The molecule has 9 heteroatoms. The van der Waals surface area contributed by atoms with Crippen LogP contribution in [-0.2, 0) is 26.2 Å². The maximum Gasteiger partial charge on any atom is 0.264 e. The predicted molar refractivity (Wildman–Crippen MR) is 144 cm³/mol. The summed E-state index contributed by atoms with van der Waals surface area (Å²) in [4.78, 5) is 28.3. The molecule has 37 heavy (non-hydrogen) atoms. The first-order chi connectivity index (χ1) is 17.8. The molecule has 0 radical (unpaired) electrons. The molecule has 196 valence electrons. The molecule has 0 aliphatic rings. The van der Waals surface area contributed by atoms with Gasteiger partial charge in [0, 0.05) is 13.1 Å². The van der Waals surface area contributed by atoms with Gasteiger partial charge in [0.2, 0.25) is 11.8 Å². The Morgan fingerprint density at radius 3 is 2.03 bits per heavy atom. The van der Waals surface area contributed by atoms with Crippen LogP contribution >= 0.6 is 0 Å². The molecular formula is C28H33N3O5S. The van der Waals surface area contributed by atoms with Gasteiger partial charge in [-0.15, -0.1) is 0 Å². The molecule has 0 bridgehead atoms. The van der Waals surface area contributed by atoms with E-state index in [2.05, 4.69) is 5.32 Å². The standard InChI is InChI=1S/C28H33N3O5S/c1-4-26(28(33)29-5-2)30(20-22-12-8-6-9-13-22)27(32)21-31(23-16-18-24(36-3)19-17-23)37(34,35)25-14-10-7-11-15-25/h6-19,26H,4-5,20-21H2,1-3H3,(H,29,33)/t26-/m0/s1. The third-order valence-electron chi connectivity index (χ3n) is 5.90. The zero-order valence-corrected chi connectivity index (χ0v) is 22.1. The van der Waals surface area contributed by atoms with Crippen molar-refractivity contribution in [3.63, 3.8) is 0 Å². The number of nitrogens with one attached hydrogen (secondary N) is 1. The molecule has 3 rings (SSSR count). The normalized spacial score (nSPS) is 11.9. The van der Waals surface area contributed by atoms with E-state index >= 15 is 0 Å². The Morgan fingerprint density at radius 1 is 0.892 bits per heavy atom. The van der Waals surface area contributed by atoms with E-state index in [0.717, 1.165) is 9.87 Å². The van der Waals surface area contributed by atoms with Gasteiger partial charge < -0.3 is 15.0 Å². The summed E-state index contributed by atoms with van der Waals surface area (Å²) in [5.41, 5.74) is 1.14. The third-order valence-corrected chi connectivity index (χ3v) is 7.69. The molecule has 0 aliphatic heterocycles. The SMILES string of the molecule is CCNC(=O)[C@H](CC)N(Cc1ccccc1)C(=O)CN(c1ccc(OC)cc1)S(=O)(=O)c1ccccc1. The molecule has 1 atom stereocenters. The number of ether oxygens (including phenoxy) is 1. The van der Waals surface area contributed by atoms with Crippen LogP contribution in [0.4, 0.5) is 5.69 Å². The van der Waals surface area contributed by atoms with Gasteiger partial charge in [-0.25, -0.2) is 8.42 Å². The van der Waals surface area contributed by atoms with Gasteiger partial charge in [-0.05, 0) is 55.3 Å². The summed E-state index contributed by atoms with van der Waals surface area (Å²) >= 11 is 0. The number of benzene rings is 3. The van der Waals surface area contributed by atoms with Crippen LogP contribution in [0.3, 0.4) is 0 Å². The van der Waals surface area contributed by atoms with Gasteiger partial charge in [0.05, 0.1) is 17.7 Å². The van der Waals surface area contributed by atoms with Crippen molar-refractivity contribution in [1.82, 2.24) is 10.2 Å². The first kappa shape index (κ1) is 27.7. The fourth-order valence-corrected chi connectivity index (χ4v) is 5.42. The van der Waals surface area contributed by atoms with Gasteiger partial charge in [0.1, 0.15) is 18.3 Å². The van der Waals surface area contributed by atoms with Crippen LogP contribution in [0.2, 0.25) is 0 Å². The summed E-state index contributed by atoms with van der Waals surface area (Å²) in [6, 6.07) is 23.0. The highest BCUT2D eigenvalue weighted by Crippen LogP contribution is 2.26. The van der Waals surface area contributed by atoms with E-state index in [9.17, 15) is 18.0 Å². The summed E-state index contributed by atoms with van der Waals surface area (Å²) in [7, 11) is -2.58. The molecule has 0 aromatic heterocycles. The fraction of sp³-hybridized carbons (Fsp3) is 0.286. The van der Waals surface area contributed by atoms with E-state index in [4.69, 9.17) is 4.74 Å². The topological polar surface area (TPSA) is 96.0 Å². The Labute approximate surface area is 218 Å². The van der Waals surface area contributed by atoms with Crippen LogP contribution in [0.15, 0.2) is 89.8 Å². The molecule has 0 aliphatic carbocycles. The van der Waals surface area contributed by atoms with Crippen molar-refractivity contribution >= 4 is 27.5 Å². The summed E-state index contributed by atoms with van der Waals surface area (Å²) in [6.45, 7) is 3.74. The number of methoxy groups -OCH3 is 1. The first-order valence-electron chi connectivity index (χ1n) is 12.1. The Morgan fingerprint density at radius 2 is 1.49 bits per heavy atom. The van der Waals surface area contributed by atoms with Gasteiger partial charge in [-0.1, -0.05) is 55.5 Å². The minimum absolute atomic E-state index is 0.0593. The van der Waals surface area contributed by atoms with Crippen LogP contribution in [0.1, 0.15) is 25.8 Å². The van der Waals surface area contributed by atoms with Gasteiger partial charge in [-0.2, -0.15) is 0 Å². The van der Waals surface area contributed by atoms with E-state index in [1.165, 1.54) is 24.1 Å². The van der Waals surface area contributed by atoms with E-state index in [0.29, 0.717) is 24.4 Å². The summed E-state index contributed by atoms with van der Waals surface area (Å²) in [6.07, 6.45) is 0.373. The molecule has 0 unspecified atom stereocenters. The maximum absolute atomic E-state index is 13.9. The number of carbonyl (C=O) groups excluding carboxylic acids is 2. The van der Waals surface area contributed by atoms with Gasteiger partial charge >= 0.3 is 0 Å². The summed E-state index contributed by atoms with van der Waals surface area (Å²) in [5, 5.41) is 2.79. The highest BCUT2D eigenvalue weighted by Gasteiger charge is 2.33. The van der Waals surface area contributed by atoms with E-state index in [1.54, 1.807) is 42.5 Å². The molecule has 3 aromatic carbocycles. The molecule has 2 amide bonds. The third kappa shape index (κ3) is 6.89. The largest absolute Gasteiger partial charge is 0.497 e. The van der Waals surface area contributed by atoms with Crippen LogP contribution in [-0.4, -0.2) is 51.4 Å². The van der Waals surface area contributed by atoms with E-state index in [1.807, 2.05) is 44.2 Å². The monoisotopic (exact) mass is 523 g/mol. The minimum atomic E-state index is -4.09. The molecular weight excluding hydrogens is 490 g/mol. The van der Waals surface area contributed by atoms with Crippen LogP contribution in [0, 0.1) is 0 Å². The molecule has 0 saturated carbocycles. The number of hydrogen-bond donors (Lipinski definition) is 1. The minimum Gasteiger partial charge on any atom is -0.497 e. The van der Waals surface area contributed by atoms with Crippen molar-refractivity contribution in [1.29, 1.82) is 0 Å². The molecule has 8 nitrogen and oxygen atoms in total. The van der Waals surface area contributed by atoms with Crippen molar-refractivity contribution in [2.45, 2.75) is 37.8 Å². The summed E-state index contributed by atoms with van der Waals surface area (Å²) in [5.74, 6) is -0.214. The van der Waals surface area contributed by atoms with Crippen molar-refractivity contribution in [2.75, 3.05) is 24.5 Å². The number of hydrogen-bond acceptors (Lipinski definition) is 5. The van der Waals surface area contributed by atoms with Gasteiger partial charge in [-0.3, -0.25) is 13.9 Å². The van der Waals surface area contributed by atoms with Crippen molar-refractivity contribution in [3.05, 3.63) is 90.5 Å². The predicted octanol–water partition coefficient (Wildman–Crippen LogP) is 3.83. The van der Waals surface area contributed by atoms with Crippen LogP contribution in [0.5, 0.6) is 5.75 Å². The number of rotatable bonds is 12. The second-order valence-electron chi connectivity index (χ2n) is 8.35. The van der Waals surface area contributed by atoms with Crippen LogP contribution < -0.4 is 14.4 Å². The van der Waals surface area contributed by atoms with E-state index < -0.39 is 28.5 Å². The number of amides is 2. The fourth-order valence-electron chi connectivity index (χ4n) is 3.99. The van der Waals surface area contributed by atoms with Gasteiger partial charge in [0.25, 0.3) is 10.0 Å². The summed E-state index contributed by atoms with van der Waals surface area (Å²) < 4.78 is 33.7. The number of sulfonamides is 1. The second-order valence-corrected chi connectivity index (χ2v) is 10.2. The lowest BCUT2D eigenvalue weighted by Gasteiger charge is -2.33. The molecule has 0 spiro atoms. The first-order valence-corrected chi connectivity index (χ1v) is 13.6. The average molecular weight is 524 g/mol. The van der Waals surface area contributed by atoms with Gasteiger partial charge in [0.15, 0.2) is 0 Å². The molecule has 0 saturated heterocycles. The second kappa shape index (κ2) is 12.9. The highest BCUT2D eigenvalue weighted by molar-refractivity contribution is 7.92. The van der Waals surface area contributed by atoms with E-state index in [-0.39, 0.29) is 17.3 Å². The number of anilines is 1. The number of nitrogens with zero attached hydrogens (tertiary/aromatic N) is 2. The van der Waals surface area contributed by atoms with Crippen LogP contribution in [0.25, 0.3) is 0 Å². The Kier molecular flexibility index (Phi) is 9.68. The maximum atomic E-state index is 13.9. The quantitative estimate of drug-likeness (QED) is 0.389. The zero-order chi connectivity index (χ0) is 26.8. The molecule has 3 aromatic rings.